The number of nitrogens with one attached hydrogen (secondary N) is 1. The lowest BCUT2D eigenvalue weighted by Gasteiger charge is -2.16. The van der Waals surface area contributed by atoms with E-state index in [1.807, 2.05) is 19.1 Å². The molecular formula is C13H17ClN2OS. The summed E-state index contributed by atoms with van der Waals surface area (Å²) < 4.78 is 0. The fourth-order valence-corrected chi connectivity index (χ4v) is 1.93. The van der Waals surface area contributed by atoms with Crippen LogP contribution >= 0.6 is 23.8 Å². The molecule has 0 aliphatic heterocycles. The van der Waals surface area contributed by atoms with E-state index in [0.717, 1.165) is 12.0 Å². The monoisotopic (exact) mass is 284 g/mol. The van der Waals surface area contributed by atoms with Crippen LogP contribution in [0.4, 0.5) is 0 Å². The molecule has 0 bridgehead atoms. The van der Waals surface area contributed by atoms with Gasteiger partial charge in [-0.1, -0.05) is 42.9 Å². The molecule has 1 unspecified atom stereocenters. The maximum Gasteiger partial charge on any atom is 0.224 e. The van der Waals surface area contributed by atoms with Crippen molar-refractivity contribution >= 4 is 34.7 Å². The van der Waals surface area contributed by atoms with Crippen LogP contribution in [0, 0.1) is 0 Å². The Kier molecular flexibility index (Phi) is 6.09. The van der Waals surface area contributed by atoms with E-state index in [-0.39, 0.29) is 11.9 Å². The highest BCUT2D eigenvalue weighted by atomic mass is 35.5. The number of amides is 1. The van der Waals surface area contributed by atoms with E-state index in [0.29, 0.717) is 22.9 Å². The van der Waals surface area contributed by atoms with E-state index >= 15 is 0 Å². The lowest BCUT2D eigenvalue weighted by molar-refractivity contribution is -0.121. The Morgan fingerprint density at radius 3 is 2.56 bits per heavy atom. The molecule has 1 rings (SSSR count). The number of thiocarbonyl (C=S) groups is 1. The minimum absolute atomic E-state index is 0.0160. The smallest absolute Gasteiger partial charge is 0.224 e. The van der Waals surface area contributed by atoms with E-state index in [1.165, 1.54) is 0 Å². The lowest BCUT2D eigenvalue weighted by atomic mass is 10.1. The highest BCUT2D eigenvalue weighted by Crippen LogP contribution is 2.10. The van der Waals surface area contributed by atoms with Gasteiger partial charge in [-0.3, -0.25) is 4.79 Å². The Morgan fingerprint density at radius 2 is 2.06 bits per heavy atom. The molecule has 0 saturated heterocycles. The first-order valence-electron chi connectivity index (χ1n) is 5.83. The quantitative estimate of drug-likeness (QED) is 0.789. The second kappa shape index (κ2) is 7.34. The van der Waals surface area contributed by atoms with Crippen LogP contribution in [0.25, 0.3) is 0 Å². The molecule has 1 atom stereocenters. The maximum absolute atomic E-state index is 11.8. The summed E-state index contributed by atoms with van der Waals surface area (Å²) in [7, 11) is 0. The van der Waals surface area contributed by atoms with Crippen LogP contribution in [-0.2, 0) is 11.2 Å². The van der Waals surface area contributed by atoms with Gasteiger partial charge in [0.2, 0.25) is 5.91 Å². The van der Waals surface area contributed by atoms with Gasteiger partial charge >= 0.3 is 0 Å². The highest BCUT2D eigenvalue weighted by molar-refractivity contribution is 7.80. The molecule has 0 aromatic heterocycles. The number of hydrogen-bond donors (Lipinski definition) is 2. The molecule has 18 heavy (non-hydrogen) atoms. The Labute approximate surface area is 118 Å². The Morgan fingerprint density at radius 1 is 1.44 bits per heavy atom. The van der Waals surface area contributed by atoms with Crippen molar-refractivity contribution in [3.05, 3.63) is 34.9 Å². The van der Waals surface area contributed by atoms with Gasteiger partial charge in [-0.25, -0.2) is 0 Å². The maximum atomic E-state index is 11.8. The summed E-state index contributed by atoms with van der Waals surface area (Å²) in [4.78, 5) is 12.2. The van der Waals surface area contributed by atoms with Crippen LogP contribution in [0.3, 0.4) is 0 Å². The van der Waals surface area contributed by atoms with E-state index in [1.54, 1.807) is 12.1 Å². The SMILES string of the molecule is CCC(CC(N)=S)NC(=O)Cc1ccc(Cl)cc1. The van der Waals surface area contributed by atoms with Crippen molar-refractivity contribution in [3.8, 4) is 0 Å². The van der Waals surface area contributed by atoms with Crippen molar-refractivity contribution in [2.45, 2.75) is 32.2 Å². The summed E-state index contributed by atoms with van der Waals surface area (Å²) in [5.74, 6) is -0.0274. The molecule has 98 valence electrons. The molecule has 0 heterocycles. The number of rotatable bonds is 6. The van der Waals surface area contributed by atoms with Gasteiger partial charge in [0, 0.05) is 17.5 Å². The predicted molar refractivity (Wildman–Crippen MR) is 78.8 cm³/mol. The summed E-state index contributed by atoms with van der Waals surface area (Å²) in [6, 6.07) is 7.25. The fourth-order valence-electron chi connectivity index (χ4n) is 1.61. The van der Waals surface area contributed by atoms with Crippen LogP contribution in [-0.4, -0.2) is 16.9 Å². The van der Waals surface area contributed by atoms with Crippen molar-refractivity contribution in [2.24, 2.45) is 5.73 Å². The fraction of sp³-hybridized carbons (Fsp3) is 0.385. The zero-order valence-electron chi connectivity index (χ0n) is 10.3. The van der Waals surface area contributed by atoms with E-state index in [9.17, 15) is 4.79 Å². The van der Waals surface area contributed by atoms with Crippen LogP contribution in [0.2, 0.25) is 5.02 Å². The van der Waals surface area contributed by atoms with Crippen molar-refractivity contribution in [2.75, 3.05) is 0 Å². The summed E-state index contributed by atoms with van der Waals surface area (Å²) in [6.07, 6.45) is 1.69. The Balaban J connectivity index is 2.49. The largest absolute Gasteiger partial charge is 0.393 e. The highest BCUT2D eigenvalue weighted by Gasteiger charge is 2.11. The van der Waals surface area contributed by atoms with E-state index in [4.69, 9.17) is 29.6 Å². The van der Waals surface area contributed by atoms with Gasteiger partial charge < -0.3 is 11.1 Å². The lowest BCUT2D eigenvalue weighted by Crippen LogP contribution is -2.37. The molecule has 5 heteroatoms. The van der Waals surface area contributed by atoms with Crippen molar-refractivity contribution in [1.82, 2.24) is 5.32 Å². The van der Waals surface area contributed by atoms with Crippen LogP contribution in [0.15, 0.2) is 24.3 Å². The van der Waals surface area contributed by atoms with E-state index < -0.39 is 0 Å². The van der Waals surface area contributed by atoms with Gasteiger partial charge in [-0.15, -0.1) is 0 Å². The van der Waals surface area contributed by atoms with Crippen molar-refractivity contribution in [1.29, 1.82) is 0 Å². The molecule has 0 spiro atoms. The standard InChI is InChI=1S/C13H17ClN2OS/c1-2-11(8-12(15)18)16-13(17)7-9-3-5-10(14)6-4-9/h3-6,11H,2,7-8H2,1H3,(H2,15,18)(H,16,17). The second-order valence-corrected chi connectivity index (χ2v) is 5.11. The van der Waals surface area contributed by atoms with Gasteiger partial charge in [0.05, 0.1) is 11.4 Å². The molecule has 0 saturated carbocycles. The minimum atomic E-state index is -0.0274. The zero-order valence-corrected chi connectivity index (χ0v) is 11.9. The molecule has 0 fully saturated rings. The normalized spacial score (nSPS) is 11.9. The molecular weight excluding hydrogens is 268 g/mol. The number of nitrogens with two attached hydrogens (primary N) is 1. The minimum Gasteiger partial charge on any atom is -0.393 e. The Hall–Kier alpha value is -1.13. The zero-order chi connectivity index (χ0) is 13.5. The first-order valence-corrected chi connectivity index (χ1v) is 6.62. The number of carbonyl (C=O) groups is 1. The van der Waals surface area contributed by atoms with Gasteiger partial charge in [-0.05, 0) is 24.1 Å². The molecule has 3 N–H and O–H groups in total. The summed E-state index contributed by atoms with van der Waals surface area (Å²) >= 11 is 10.6. The molecule has 1 amide bonds. The second-order valence-electron chi connectivity index (χ2n) is 4.15. The van der Waals surface area contributed by atoms with Crippen LogP contribution < -0.4 is 11.1 Å². The van der Waals surface area contributed by atoms with Crippen LogP contribution in [0.1, 0.15) is 25.3 Å². The average Bonchev–Trinajstić information content (AvgIpc) is 2.30. The molecule has 1 aromatic carbocycles. The predicted octanol–water partition coefficient (Wildman–Crippen LogP) is 2.45. The van der Waals surface area contributed by atoms with Gasteiger partial charge in [-0.2, -0.15) is 0 Å². The van der Waals surface area contributed by atoms with E-state index in [2.05, 4.69) is 5.32 Å². The van der Waals surface area contributed by atoms with Gasteiger partial charge in [0.25, 0.3) is 0 Å². The third kappa shape index (κ3) is 5.47. The topological polar surface area (TPSA) is 55.1 Å². The summed E-state index contributed by atoms with van der Waals surface area (Å²) in [6.45, 7) is 1.99. The number of hydrogen-bond acceptors (Lipinski definition) is 2. The van der Waals surface area contributed by atoms with Crippen molar-refractivity contribution in [3.63, 3.8) is 0 Å². The van der Waals surface area contributed by atoms with Crippen molar-refractivity contribution < 1.29 is 4.79 Å². The third-order valence-corrected chi connectivity index (χ3v) is 3.00. The first kappa shape index (κ1) is 14.9. The average molecular weight is 285 g/mol. The number of carbonyl (C=O) groups excluding carboxylic acids is 1. The summed E-state index contributed by atoms with van der Waals surface area (Å²) in [5.41, 5.74) is 6.41. The number of benzene rings is 1. The number of halogens is 1. The molecule has 0 aliphatic rings. The first-order chi connectivity index (χ1) is 8.51. The molecule has 3 nitrogen and oxygen atoms in total. The third-order valence-electron chi connectivity index (χ3n) is 2.58. The molecule has 0 aliphatic carbocycles. The van der Waals surface area contributed by atoms with Crippen LogP contribution in [0.5, 0.6) is 0 Å². The Bertz CT molecular complexity index is 420. The molecule has 0 radical (unpaired) electrons. The summed E-state index contributed by atoms with van der Waals surface area (Å²) in [5, 5.41) is 3.59. The van der Waals surface area contributed by atoms with Gasteiger partial charge in [0.1, 0.15) is 0 Å². The van der Waals surface area contributed by atoms with Gasteiger partial charge in [0.15, 0.2) is 0 Å². The molecule has 1 aromatic rings.